The molecular formula is C75H130O6. The van der Waals surface area contributed by atoms with Crippen molar-refractivity contribution in [3.05, 3.63) is 97.2 Å². The number of ether oxygens (including phenoxy) is 3. The SMILES string of the molecule is CC/C=C\C/C=C\C/C=C\C/C=C\C/C=C\CCCCCCCCCC(=O)OCC(COC(=O)CCCCCCCCCCC/C=C\CCCCCCCC)OC(=O)CCCCCCCCCCC/C=C\C/C=C\CCCCCCC. The predicted molar refractivity (Wildman–Crippen MR) is 353 cm³/mol. The molecule has 0 saturated carbocycles. The fourth-order valence-corrected chi connectivity index (χ4v) is 9.85. The number of carbonyl (C=O) groups is 3. The molecule has 0 aliphatic heterocycles. The van der Waals surface area contributed by atoms with Gasteiger partial charge in [0.05, 0.1) is 0 Å². The van der Waals surface area contributed by atoms with Crippen molar-refractivity contribution in [2.45, 2.75) is 348 Å². The Labute approximate surface area is 502 Å². The van der Waals surface area contributed by atoms with E-state index in [4.69, 9.17) is 14.2 Å². The molecule has 0 aliphatic rings. The van der Waals surface area contributed by atoms with Crippen LogP contribution in [0.25, 0.3) is 0 Å². The van der Waals surface area contributed by atoms with Gasteiger partial charge in [0.15, 0.2) is 6.10 Å². The average Bonchev–Trinajstić information content (AvgIpc) is 3.47. The molecule has 6 nitrogen and oxygen atoms in total. The van der Waals surface area contributed by atoms with E-state index in [2.05, 4.69) is 118 Å². The van der Waals surface area contributed by atoms with Crippen LogP contribution in [0, 0.1) is 0 Å². The van der Waals surface area contributed by atoms with Crippen molar-refractivity contribution in [3.63, 3.8) is 0 Å². The van der Waals surface area contributed by atoms with Crippen molar-refractivity contribution >= 4 is 17.9 Å². The van der Waals surface area contributed by atoms with Crippen LogP contribution in [0.15, 0.2) is 97.2 Å². The molecule has 0 bridgehead atoms. The minimum atomic E-state index is -0.789. The average molecular weight is 1130 g/mol. The molecule has 1 unspecified atom stereocenters. The summed E-state index contributed by atoms with van der Waals surface area (Å²) in [6.45, 7) is 6.54. The first-order valence-electron chi connectivity index (χ1n) is 34.7. The molecule has 0 amide bonds. The van der Waals surface area contributed by atoms with Gasteiger partial charge in [0.25, 0.3) is 0 Å². The van der Waals surface area contributed by atoms with Gasteiger partial charge >= 0.3 is 17.9 Å². The molecule has 81 heavy (non-hydrogen) atoms. The normalized spacial score (nSPS) is 12.7. The van der Waals surface area contributed by atoms with Gasteiger partial charge in [-0.2, -0.15) is 0 Å². The molecule has 466 valence electrons. The number of rotatable bonds is 63. The van der Waals surface area contributed by atoms with Crippen LogP contribution in [-0.2, 0) is 28.6 Å². The topological polar surface area (TPSA) is 78.9 Å². The van der Waals surface area contributed by atoms with Crippen LogP contribution in [0.4, 0.5) is 0 Å². The second-order valence-corrected chi connectivity index (χ2v) is 23.1. The highest BCUT2D eigenvalue weighted by Crippen LogP contribution is 2.17. The maximum absolute atomic E-state index is 13.0. The molecule has 0 rings (SSSR count). The molecule has 0 radical (unpaired) electrons. The van der Waals surface area contributed by atoms with E-state index in [-0.39, 0.29) is 31.1 Å². The van der Waals surface area contributed by atoms with Gasteiger partial charge in [0.1, 0.15) is 13.2 Å². The molecule has 1 atom stereocenters. The summed E-state index contributed by atoms with van der Waals surface area (Å²) in [5.41, 5.74) is 0. The van der Waals surface area contributed by atoms with E-state index in [1.54, 1.807) is 0 Å². The van der Waals surface area contributed by atoms with E-state index in [9.17, 15) is 14.4 Å². The lowest BCUT2D eigenvalue weighted by molar-refractivity contribution is -0.167. The number of hydrogen-bond donors (Lipinski definition) is 0. The number of carbonyl (C=O) groups excluding carboxylic acids is 3. The van der Waals surface area contributed by atoms with Gasteiger partial charge in [-0.3, -0.25) is 14.4 Å². The number of esters is 3. The quantitative estimate of drug-likeness (QED) is 0.0261. The fourth-order valence-electron chi connectivity index (χ4n) is 9.85. The summed E-state index contributed by atoms with van der Waals surface area (Å²) in [4.78, 5) is 38.5. The third kappa shape index (κ3) is 67.0. The third-order valence-corrected chi connectivity index (χ3v) is 15.0. The van der Waals surface area contributed by atoms with Crippen LogP contribution in [0.3, 0.4) is 0 Å². The van der Waals surface area contributed by atoms with Gasteiger partial charge in [0.2, 0.25) is 0 Å². The molecule has 6 heteroatoms. The second kappa shape index (κ2) is 68.8. The van der Waals surface area contributed by atoms with Crippen LogP contribution < -0.4 is 0 Å². The summed E-state index contributed by atoms with van der Waals surface area (Å²) in [6, 6.07) is 0. The van der Waals surface area contributed by atoms with Crippen LogP contribution in [0.5, 0.6) is 0 Å². The highest BCUT2D eigenvalue weighted by Gasteiger charge is 2.19. The fraction of sp³-hybridized carbons (Fsp3) is 0.747. The zero-order chi connectivity index (χ0) is 58.5. The lowest BCUT2D eigenvalue weighted by atomic mass is 10.1. The first-order chi connectivity index (χ1) is 40.0. The van der Waals surface area contributed by atoms with Gasteiger partial charge in [-0.15, -0.1) is 0 Å². The zero-order valence-corrected chi connectivity index (χ0v) is 53.5. The van der Waals surface area contributed by atoms with Crippen molar-refractivity contribution < 1.29 is 28.6 Å². The first kappa shape index (κ1) is 77.3. The van der Waals surface area contributed by atoms with E-state index in [0.29, 0.717) is 19.3 Å². The van der Waals surface area contributed by atoms with Crippen LogP contribution in [0.2, 0.25) is 0 Å². The molecule has 0 heterocycles. The van der Waals surface area contributed by atoms with Crippen molar-refractivity contribution in [3.8, 4) is 0 Å². The van der Waals surface area contributed by atoms with Crippen molar-refractivity contribution in [2.24, 2.45) is 0 Å². The van der Waals surface area contributed by atoms with Gasteiger partial charge in [0, 0.05) is 19.3 Å². The standard InChI is InChI=1S/C75H130O6/c1-4-7-10-13-16-19-22-25-28-31-34-36-37-39-41-44-47-50-53-56-59-62-65-68-74(77)80-71-72(70-79-73(76)67-64-61-58-55-52-49-46-43-40-33-30-27-24-21-18-15-12-9-6-3)81-75(78)69-66-63-60-57-54-51-48-45-42-38-35-32-29-26-23-20-17-14-11-8-5-2/h7,10,16,19,23,25-28,30,32,34-36,39,41,72H,4-6,8-9,11-15,17-18,20-22,24,29,31,33,37-38,40,42-71H2,1-3H3/b10-7-,19-16-,26-23-,28-25-,30-27-,35-32-,36-34-,41-39-. The molecule has 0 aromatic carbocycles. The molecule has 0 aliphatic carbocycles. The summed E-state index contributed by atoms with van der Waals surface area (Å²) in [5, 5.41) is 0. The van der Waals surface area contributed by atoms with Crippen molar-refractivity contribution in [1.29, 1.82) is 0 Å². The van der Waals surface area contributed by atoms with E-state index in [0.717, 1.165) is 103 Å². The summed E-state index contributed by atoms with van der Waals surface area (Å²) in [6.07, 6.45) is 92.7. The van der Waals surface area contributed by atoms with Gasteiger partial charge in [-0.05, 0) is 122 Å². The largest absolute Gasteiger partial charge is 0.462 e. The molecule has 0 aromatic heterocycles. The Hall–Kier alpha value is -3.67. The van der Waals surface area contributed by atoms with E-state index in [1.165, 1.54) is 199 Å². The number of allylic oxidation sites excluding steroid dienone is 16. The molecule has 0 saturated heterocycles. The summed E-state index contributed by atoms with van der Waals surface area (Å²) in [7, 11) is 0. The Morgan fingerprint density at radius 3 is 0.765 bits per heavy atom. The molecule has 0 fully saturated rings. The van der Waals surface area contributed by atoms with Crippen molar-refractivity contribution in [2.75, 3.05) is 13.2 Å². The third-order valence-electron chi connectivity index (χ3n) is 15.0. The molecule has 0 aromatic rings. The lowest BCUT2D eigenvalue weighted by Gasteiger charge is -2.18. The monoisotopic (exact) mass is 1130 g/mol. The Bertz CT molecular complexity index is 1580. The summed E-state index contributed by atoms with van der Waals surface area (Å²) >= 11 is 0. The highest BCUT2D eigenvalue weighted by molar-refractivity contribution is 5.71. The maximum atomic E-state index is 13.0. The summed E-state index contributed by atoms with van der Waals surface area (Å²) in [5.74, 6) is -0.885. The highest BCUT2D eigenvalue weighted by atomic mass is 16.6. The predicted octanol–water partition coefficient (Wildman–Crippen LogP) is 24.0. The summed E-state index contributed by atoms with van der Waals surface area (Å²) < 4.78 is 17.0. The van der Waals surface area contributed by atoms with Crippen LogP contribution in [-0.4, -0.2) is 37.2 Å². The minimum absolute atomic E-state index is 0.0826. The lowest BCUT2D eigenvalue weighted by Crippen LogP contribution is -2.30. The number of hydrogen-bond acceptors (Lipinski definition) is 6. The first-order valence-corrected chi connectivity index (χ1v) is 34.7. The van der Waals surface area contributed by atoms with Crippen LogP contribution in [0.1, 0.15) is 342 Å². The second-order valence-electron chi connectivity index (χ2n) is 23.1. The Morgan fingerprint density at radius 1 is 0.259 bits per heavy atom. The molecular weight excluding hydrogens is 997 g/mol. The smallest absolute Gasteiger partial charge is 0.306 e. The molecule has 0 spiro atoms. The maximum Gasteiger partial charge on any atom is 0.306 e. The van der Waals surface area contributed by atoms with E-state index < -0.39 is 6.10 Å². The van der Waals surface area contributed by atoms with Gasteiger partial charge < -0.3 is 14.2 Å². The van der Waals surface area contributed by atoms with Crippen molar-refractivity contribution in [1.82, 2.24) is 0 Å². The van der Waals surface area contributed by atoms with E-state index in [1.807, 2.05) is 0 Å². The zero-order valence-electron chi connectivity index (χ0n) is 53.5. The Balaban J connectivity index is 4.41. The Morgan fingerprint density at radius 2 is 0.481 bits per heavy atom. The van der Waals surface area contributed by atoms with Crippen LogP contribution >= 0.6 is 0 Å². The van der Waals surface area contributed by atoms with Gasteiger partial charge in [-0.25, -0.2) is 0 Å². The number of unbranched alkanes of at least 4 members (excludes halogenated alkanes) is 36. The van der Waals surface area contributed by atoms with E-state index >= 15 is 0 Å². The minimum Gasteiger partial charge on any atom is -0.462 e. The van der Waals surface area contributed by atoms with Gasteiger partial charge in [-0.1, -0.05) is 298 Å². The Kier molecular flexibility index (Phi) is 65.7. The molecule has 0 N–H and O–H groups in total.